The number of thiocarbonyl (C=S) groups is 1. The van der Waals surface area contributed by atoms with Gasteiger partial charge in [0.05, 0.1) is 0 Å². The van der Waals surface area contributed by atoms with Crippen molar-refractivity contribution in [3.05, 3.63) is 30.3 Å². The quantitative estimate of drug-likeness (QED) is 0.615. The Kier molecular flexibility index (Phi) is 6.81. The van der Waals surface area contributed by atoms with Crippen molar-refractivity contribution in [2.75, 3.05) is 18.4 Å². The maximum atomic E-state index is 5.35. The van der Waals surface area contributed by atoms with Gasteiger partial charge in [-0.05, 0) is 36.2 Å². The van der Waals surface area contributed by atoms with Gasteiger partial charge >= 0.3 is 0 Å². The summed E-state index contributed by atoms with van der Waals surface area (Å²) in [6.45, 7) is 10.8. The summed E-state index contributed by atoms with van der Waals surface area (Å²) >= 11 is 5.35. The molecule has 0 radical (unpaired) electrons. The Morgan fingerprint density at radius 1 is 1.05 bits per heavy atom. The third-order valence-electron chi connectivity index (χ3n) is 2.46. The molecule has 0 heterocycles. The van der Waals surface area contributed by atoms with Crippen molar-refractivity contribution in [2.45, 2.75) is 27.7 Å². The van der Waals surface area contributed by atoms with Crippen LogP contribution in [0.25, 0.3) is 0 Å². The Morgan fingerprint density at radius 2 is 1.58 bits per heavy atom. The Labute approximate surface area is 122 Å². The molecule has 0 aliphatic heterocycles. The van der Waals surface area contributed by atoms with E-state index in [4.69, 9.17) is 12.2 Å². The van der Waals surface area contributed by atoms with Gasteiger partial charge in [0.15, 0.2) is 5.11 Å². The molecule has 0 atom stereocenters. The van der Waals surface area contributed by atoms with E-state index >= 15 is 0 Å². The minimum Gasteiger partial charge on any atom is -0.332 e. The van der Waals surface area contributed by atoms with Crippen LogP contribution in [-0.4, -0.2) is 23.2 Å². The van der Waals surface area contributed by atoms with Gasteiger partial charge in [-0.25, -0.2) is 5.01 Å². The average molecular weight is 279 g/mol. The van der Waals surface area contributed by atoms with Gasteiger partial charge in [-0.1, -0.05) is 45.9 Å². The van der Waals surface area contributed by atoms with Crippen molar-refractivity contribution < 1.29 is 0 Å². The largest absolute Gasteiger partial charge is 0.332 e. The van der Waals surface area contributed by atoms with Gasteiger partial charge < -0.3 is 5.32 Å². The van der Waals surface area contributed by atoms with Crippen molar-refractivity contribution in [1.82, 2.24) is 10.4 Å². The lowest BCUT2D eigenvalue weighted by Crippen LogP contribution is -2.47. The maximum absolute atomic E-state index is 5.35. The molecule has 1 aromatic rings. The number of anilines is 1. The topological polar surface area (TPSA) is 27.3 Å². The van der Waals surface area contributed by atoms with E-state index in [0.29, 0.717) is 16.9 Å². The van der Waals surface area contributed by atoms with Crippen LogP contribution in [0.2, 0.25) is 0 Å². The molecule has 1 rings (SSSR count). The van der Waals surface area contributed by atoms with Gasteiger partial charge in [-0.2, -0.15) is 0 Å². The Balaban J connectivity index is 2.50. The molecule has 0 bridgehead atoms. The van der Waals surface area contributed by atoms with Crippen molar-refractivity contribution >= 4 is 23.0 Å². The van der Waals surface area contributed by atoms with Crippen LogP contribution in [0.1, 0.15) is 27.7 Å². The summed E-state index contributed by atoms with van der Waals surface area (Å²) in [7, 11) is 0. The average Bonchev–Trinajstić information content (AvgIpc) is 2.27. The molecule has 106 valence electrons. The number of para-hydroxylation sites is 1. The molecule has 0 amide bonds. The number of benzene rings is 1. The summed E-state index contributed by atoms with van der Waals surface area (Å²) in [6, 6.07) is 9.98. The van der Waals surface area contributed by atoms with Crippen LogP contribution >= 0.6 is 12.2 Å². The molecule has 2 N–H and O–H groups in total. The van der Waals surface area contributed by atoms with Crippen molar-refractivity contribution in [3.8, 4) is 0 Å². The highest BCUT2D eigenvalue weighted by atomic mass is 32.1. The van der Waals surface area contributed by atoms with Crippen LogP contribution in [0.15, 0.2) is 30.3 Å². The molecule has 1 aromatic carbocycles. The Bertz CT molecular complexity index is 366. The van der Waals surface area contributed by atoms with Gasteiger partial charge in [0.1, 0.15) is 0 Å². The molecule has 0 aliphatic carbocycles. The molecular formula is C15H25N3S. The summed E-state index contributed by atoms with van der Waals surface area (Å²) in [6.07, 6.45) is 0. The van der Waals surface area contributed by atoms with E-state index in [2.05, 4.69) is 43.4 Å². The fraction of sp³-hybridized carbons (Fsp3) is 0.533. The van der Waals surface area contributed by atoms with Gasteiger partial charge in [0, 0.05) is 18.8 Å². The van der Waals surface area contributed by atoms with Gasteiger partial charge in [0.2, 0.25) is 0 Å². The molecular weight excluding hydrogens is 254 g/mol. The third kappa shape index (κ3) is 7.13. The van der Waals surface area contributed by atoms with Gasteiger partial charge in [-0.3, -0.25) is 5.43 Å². The molecule has 0 saturated heterocycles. The molecule has 4 heteroatoms. The predicted octanol–water partition coefficient (Wildman–Crippen LogP) is 3.50. The molecule has 0 fully saturated rings. The first-order chi connectivity index (χ1) is 8.97. The lowest BCUT2D eigenvalue weighted by Gasteiger charge is -2.28. The fourth-order valence-corrected chi connectivity index (χ4v) is 2.12. The molecule has 0 saturated carbocycles. The first-order valence-electron chi connectivity index (χ1n) is 6.85. The fourth-order valence-electron chi connectivity index (χ4n) is 1.87. The zero-order chi connectivity index (χ0) is 14.3. The first kappa shape index (κ1) is 15.9. The number of hydrogen-bond acceptors (Lipinski definition) is 2. The predicted molar refractivity (Wildman–Crippen MR) is 87.0 cm³/mol. The first-order valence-corrected chi connectivity index (χ1v) is 7.26. The van der Waals surface area contributed by atoms with Crippen LogP contribution in [0.3, 0.4) is 0 Å². The number of hydrazine groups is 1. The second-order valence-corrected chi connectivity index (χ2v) is 6.03. The molecule has 3 nitrogen and oxygen atoms in total. The molecule has 0 unspecified atom stereocenters. The second kappa shape index (κ2) is 8.12. The van der Waals surface area contributed by atoms with E-state index in [1.165, 1.54) is 0 Å². The lowest BCUT2D eigenvalue weighted by molar-refractivity contribution is 0.187. The molecule has 19 heavy (non-hydrogen) atoms. The lowest BCUT2D eigenvalue weighted by atomic mass is 10.2. The van der Waals surface area contributed by atoms with E-state index in [1.54, 1.807) is 0 Å². The van der Waals surface area contributed by atoms with E-state index < -0.39 is 0 Å². The van der Waals surface area contributed by atoms with Crippen LogP contribution in [-0.2, 0) is 0 Å². The van der Waals surface area contributed by atoms with Crippen LogP contribution in [0.5, 0.6) is 0 Å². The van der Waals surface area contributed by atoms with Crippen LogP contribution < -0.4 is 10.7 Å². The zero-order valence-electron chi connectivity index (χ0n) is 12.3. The number of nitrogens with zero attached hydrogens (tertiary/aromatic N) is 1. The van der Waals surface area contributed by atoms with Gasteiger partial charge in [0.25, 0.3) is 0 Å². The highest BCUT2D eigenvalue weighted by Crippen LogP contribution is 2.05. The summed E-state index contributed by atoms with van der Waals surface area (Å²) in [4.78, 5) is 0. The van der Waals surface area contributed by atoms with Crippen molar-refractivity contribution in [1.29, 1.82) is 0 Å². The number of rotatable bonds is 6. The minimum absolute atomic E-state index is 0.603. The van der Waals surface area contributed by atoms with Crippen LogP contribution in [0.4, 0.5) is 5.69 Å². The second-order valence-electron chi connectivity index (χ2n) is 5.62. The van der Waals surface area contributed by atoms with E-state index in [-0.39, 0.29) is 0 Å². The van der Waals surface area contributed by atoms with E-state index in [1.807, 2.05) is 30.3 Å². The minimum atomic E-state index is 0.603. The smallest absolute Gasteiger partial charge is 0.185 e. The molecule has 0 aromatic heterocycles. The SMILES string of the molecule is CC(C)CN(CC(C)C)NC(=S)Nc1ccccc1. The van der Waals surface area contributed by atoms with Crippen molar-refractivity contribution in [2.24, 2.45) is 11.8 Å². The number of hydrogen-bond donors (Lipinski definition) is 2. The highest BCUT2D eigenvalue weighted by Gasteiger charge is 2.10. The van der Waals surface area contributed by atoms with Gasteiger partial charge in [-0.15, -0.1) is 0 Å². The maximum Gasteiger partial charge on any atom is 0.185 e. The standard InChI is InChI=1S/C15H25N3S/c1-12(2)10-18(11-13(3)4)17-15(19)16-14-8-6-5-7-9-14/h5-9,12-13H,10-11H2,1-4H3,(H2,16,17,19). The highest BCUT2D eigenvalue weighted by molar-refractivity contribution is 7.80. The summed E-state index contributed by atoms with van der Waals surface area (Å²) < 4.78 is 0. The number of nitrogens with one attached hydrogen (secondary N) is 2. The summed E-state index contributed by atoms with van der Waals surface area (Å²) in [5, 5.41) is 6.03. The Morgan fingerprint density at radius 3 is 2.05 bits per heavy atom. The Hall–Kier alpha value is -1.13. The zero-order valence-corrected chi connectivity index (χ0v) is 13.1. The monoisotopic (exact) mass is 279 g/mol. The summed E-state index contributed by atoms with van der Waals surface area (Å²) in [5.41, 5.74) is 4.29. The summed E-state index contributed by atoms with van der Waals surface area (Å²) in [5.74, 6) is 1.21. The van der Waals surface area contributed by atoms with E-state index in [9.17, 15) is 0 Å². The third-order valence-corrected chi connectivity index (χ3v) is 2.66. The molecule has 0 spiro atoms. The normalized spacial score (nSPS) is 11.1. The van der Waals surface area contributed by atoms with E-state index in [0.717, 1.165) is 18.8 Å². The van der Waals surface area contributed by atoms with Crippen LogP contribution in [0, 0.1) is 11.8 Å². The molecule has 0 aliphatic rings. The van der Waals surface area contributed by atoms with Crippen molar-refractivity contribution in [3.63, 3.8) is 0 Å².